The van der Waals surface area contributed by atoms with Crippen LogP contribution in [0.15, 0.2) is 0 Å². The average molecular weight is 282 g/mol. The maximum atomic E-state index is 5.47. The van der Waals surface area contributed by atoms with Gasteiger partial charge < -0.3 is 9.64 Å². The van der Waals surface area contributed by atoms with Crippen molar-refractivity contribution in [2.75, 3.05) is 38.7 Å². The lowest BCUT2D eigenvalue weighted by Gasteiger charge is -2.45. The highest BCUT2D eigenvalue weighted by atomic mass is 16.5. The molecule has 7 nitrogen and oxygen atoms in total. The minimum absolute atomic E-state index is 0.117. The highest BCUT2D eigenvalue weighted by Crippen LogP contribution is 2.23. The molecule has 2 heterocycles. The van der Waals surface area contributed by atoms with Crippen LogP contribution in [0.1, 0.15) is 27.7 Å². The Kier molecular flexibility index (Phi) is 4.02. The van der Waals surface area contributed by atoms with Crippen LogP contribution in [0.5, 0.6) is 0 Å². The van der Waals surface area contributed by atoms with Crippen molar-refractivity contribution >= 4 is 5.95 Å². The number of rotatable bonds is 4. The Balaban J connectivity index is 2.16. The van der Waals surface area contributed by atoms with E-state index >= 15 is 0 Å². The van der Waals surface area contributed by atoms with Crippen LogP contribution in [-0.2, 0) is 11.3 Å². The Hall–Kier alpha value is -1.21. The summed E-state index contributed by atoms with van der Waals surface area (Å²) >= 11 is 0. The fourth-order valence-electron chi connectivity index (χ4n) is 2.36. The van der Waals surface area contributed by atoms with Gasteiger partial charge in [0, 0.05) is 32.3 Å². The van der Waals surface area contributed by atoms with Gasteiger partial charge in [0.1, 0.15) is 0 Å². The van der Waals surface area contributed by atoms with Crippen LogP contribution >= 0.6 is 0 Å². The maximum absolute atomic E-state index is 5.47. The molecule has 0 aromatic carbocycles. The molecule has 0 spiro atoms. The lowest BCUT2D eigenvalue weighted by Crippen LogP contribution is -2.58. The third-order valence-corrected chi connectivity index (χ3v) is 4.20. The van der Waals surface area contributed by atoms with E-state index in [9.17, 15) is 0 Å². The summed E-state index contributed by atoms with van der Waals surface area (Å²) in [4.78, 5) is 4.63. The molecule has 7 heteroatoms. The van der Waals surface area contributed by atoms with Crippen LogP contribution in [-0.4, -0.2) is 70.0 Å². The molecule has 0 bridgehead atoms. The van der Waals surface area contributed by atoms with Crippen molar-refractivity contribution in [2.24, 2.45) is 0 Å². The Morgan fingerprint density at radius 2 is 2.00 bits per heavy atom. The average Bonchev–Trinajstić information content (AvgIpc) is 2.80. The van der Waals surface area contributed by atoms with Crippen molar-refractivity contribution in [2.45, 2.75) is 45.4 Å². The number of anilines is 1. The van der Waals surface area contributed by atoms with E-state index in [1.807, 2.05) is 18.5 Å². The number of likely N-dealkylation sites (N-methyl/N-ethyl adjacent to an activating group) is 1. The fourth-order valence-corrected chi connectivity index (χ4v) is 2.36. The zero-order valence-corrected chi connectivity index (χ0v) is 13.4. The molecule has 0 saturated carbocycles. The lowest BCUT2D eigenvalue weighted by atomic mass is 10.00. The first kappa shape index (κ1) is 15.2. The van der Waals surface area contributed by atoms with Gasteiger partial charge in [0.25, 0.3) is 0 Å². The molecular formula is C13H26N6O. The summed E-state index contributed by atoms with van der Waals surface area (Å²) in [6, 6.07) is 0. The lowest BCUT2D eigenvalue weighted by molar-refractivity contribution is 0.00513. The van der Waals surface area contributed by atoms with E-state index < -0.39 is 0 Å². The second-order valence-electron chi connectivity index (χ2n) is 6.76. The predicted molar refractivity (Wildman–Crippen MR) is 77.8 cm³/mol. The van der Waals surface area contributed by atoms with Crippen molar-refractivity contribution in [3.8, 4) is 0 Å². The topological polar surface area (TPSA) is 59.3 Å². The number of methoxy groups -OCH3 is 1. The van der Waals surface area contributed by atoms with Gasteiger partial charge in [-0.25, -0.2) is 4.68 Å². The maximum Gasteiger partial charge on any atom is 0.245 e. The standard InChI is InChI=1S/C13H26N6O/c1-12(2)9-18(8-7-17(12)5)11-14-15-16-19(11)10-13(3,4)20-6/h7-10H2,1-6H3. The number of hydrogen-bond donors (Lipinski definition) is 0. The molecule has 0 radical (unpaired) electrons. The summed E-state index contributed by atoms with van der Waals surface area (Å²) < 4.78 is 7.31. The van der Waals surface area contributed by atoms with Crippen molar-refractivity contribution < 1.29 is 4.74 Å². The quantitative estimate of drug-likeness (QED) is 0.807. The molecule has 1 aromatic heterocycles. The molecule has 2 rings (SSSR count). The van der Waals surface area contributed by atoms with E-state index in [0.717, 1.165) is 25.6 Å². The van der Waals surface area contributed by atoms with Crippen LogP contribution in [0.4, 0.5) is 5.95 Å². The summed E-state index contributed by atoms with van der Waals surface area (Å²) in [5, 5.41) is 12.1. The molecule has 1 aliphatic heterocycles. The molecule has 0 atom stereocenters. The van der Waals surface area contributed by atoms with Crippen LogP contribution in [0.25, 0.3) is 0 Å². The van der Waals surface area contributed by atoms with Gasteiger partial charge >= 0.3 is 0 Å². The SMILES string of the molecule is COC(C)(C)Cn1nnnc1N1CCN(C)C(C)(C)C1. The zero-order chi connectivity index (χ0) is 15.0. The molecule has 0 unspecified atom stereocenters. The molecule has 1 fully saturated rings. The molecule has 0 amide bonds. The molecule has 0 N–H and O–H groups in total. The van der Waals surface area contributed by atoms with Crippen LogP contribution in [0.3, 0.4) is 0 Å². The highest BCUT2D eigenvalue weighted by Gasteiger charge is 2.33. The van der Waals surface area contributed by atoms with Gasteiger partial charge in [-0.2, -0.15) is 0 Å². The molecule has 20 heavy (non-hydrogen) atoms. The first-order valence-corrected chi connectivity index (χ1v) is 7.03. The Morgan fingerprint density at radius 1 is 1.30 bits per heavy atom. The summed E-state index contributed by atoms with van der Waals surface area (Å²) in [7, 11) is 3.87. The first-order chi connectivity index (χ1) is 9.25. The summed E-state index contributed by atoms with van der Waals surface area (Å²) in [5.41, 5.74) is -0.169. The number of hydrogen-bond acceptors (Lipinski definition) is 6. The first-order valence-electron chi connectivity index (χ1n) is 7.03. The van der Waals surface area contributed by atoms with Gasteiger partial charge in [-0.15, -0.1) is 0 Å². The molecule has 1 aromatic rings. The van der Waals surface area contributed by atoms with E-state index in [-0.39, 0.29) is 11.1 Å². The third kappa shape index (κ3) is 3.09. The van der Waals surface area contributed by atoms with Gasteiger partial charge in [0.15, 0.2) is 0 Å². The van der Waals surface area contributed by atoms with Crippen molar-refractivity contribution in [3.05, 3.63) is 0 Å². The van der Waals surface area contributed by atoms with E-state index in [1.54, 1.807) is 7.11 Å². The molecule has 0 aliphatic carbocycles. The Morgan fingerprint density at radius 3 is 2.60 bits per heavy atom. The highest BCUT2D eigenvalue weighted by molar-refractivity contribution is 5.30. The van der Waals surface area contributed by atoms with E-state index in [4.69, 9.17) is 4.74 Å². The van der Waals surface area contributed by atoms with E-state index in [2.05, 4.69) is 46.2 Å². The molecule has 114 valence electrons. The minimum Gasteiger partial charge on any atom is -0.377 e. The number of piperazine rings is 1. The Bertz CT molecular complexity index is 455. The second-order valence-corrected chi connectivity index (χ2v) is 6.76. The fraction of sp³-hybridized carbons (Fsp3) is 0.923. The molecule has 1 aliphatic rings. The molecular weight excluding hydrogens is 256 g/mol. The van der Waals surface area contributed by atoms with Gasteiger partial charge in [-0.1, -0.05) is 5.10 Å². The van der Waals surface area contributed by atoms with Crippen molar-refractivity contribution in [1.29, 1.82) is 0 Å². The predicted octanol–water partition coefficient (Wildman–Crippen LogP) is 0.629. The van der Waals surface area contributed by atoms with E-state index in [0.29, 0.717) is 6.54 Å². The van der Waals surface area contributed by atoms with Crippen LogP contribution < -0.4 is 4.90 Å². The van der Waals surface area contributed by atoms with Crippen molar-refractivity contribution in [1.82, 2.24) is 25.1 Å². The monoisotopic (exact) mass is 282 g/mol. The number of tetrazole rings is 1. The Labute approximate surface area is 120 Å². The number of nitrogens with zero attached hydrogens (tertiary/aromatic N) is 6. The van der Waals surface area contributed by atoms with Crippen molar-refractivity contribution in [3.63, 3.8) is 0 Å². The summed E-state index contributed by atoms with van der Waals surface area (Å²) in [6.07, 6.45) is 0. The number of ether oxygens (including phenoxy) is 1. The normalized spacial score (nSPS) is 20.4. The van der Waals surface area contributed by atoms with Gasteiger partial charge in [-0.3, -0.25) is 4.90 Å². The van der Waals surface area contributed by atoms with Crippen LogP contribution in [0.2, 0.25) is 0 Å². The minimum atomic E-state index is -0.285. The number of aromatic nitrogens is 4. The zero-order valence-electron chi connectivity index (χ0n) is 13.4. The van der Waals surface area contributed by atoms with Gasteiger partial charge in [-0.05, 0) is 45.2 Å². The van der Waals surface area contributed by atoms with Gasteiger partial charge in [0.2, 0.25) is 5.95 Å². The largest absolute Gasteiger partial charge is 0.377 e. The van der Waals surface area contributed by atoms with Gasteiger partial charge in [0.05, 0.1) is 12.1 Å². The molecule has 1 saturated heterocycles. The second kappa shape index (κ2) is 5.29. The smallest absolute Gasteiger partial charge is 0.245 e. The summed E-state index contributed by atoms with van der Waals surface area (Å²) in [5.74, 6) is 0.830. The van der Waals surface area contributed by atoms with E-state index in [1.165, 1.54) is 0 Å². The van der Waals surface area contributed by atoms with Crippen LogP contribution in [0, 0.1) is 0 Å². The third-order valence-electron chi connectivity index (χ3n) is 4.20. The summed E-state index contributed by atoms with van der Waals surface area (Å²) in [6.45, 7) is 12.1.